The summed E-state index contributed by atoms with van der Waals surface area (Å²) < 4.78 is 13.1. The number of carbonyl (C=O) groups is 1. The van der Waals surface area contributed by atoms with E-state index in [-0.39, 0.29) is 17.8 Å². The Morgan fingerprint density at radius 3 is 2.36 bits per heavy atom. The summed E-state index contributed by atoms with van der Waals surface area (Å²) in [6.45, 7) is 8.41. The fraction of sp³-hybridized carbons (Fsp3) is 0.435. The Kier molecular flexibility index (Phi) is 7.04. The van der Waals surface area contributed by atoms with Gasteiger partial charge < -0.3 is 15.1 Å². The average molecular weight is 385 g/mol. The first-order chi connectivity index (χ1) is 13.6. The first-order valence-electron chi connectivity index (χ1n) is 10.3. The standard InChI is InChI=1S/C23H30FN3O/c1-3-19(20-7-5-4-6-8-20)17-25-23(28)18(2)26-13-15-27(16-14-26)22-11-9-21(24)10-12-22/h4-12,18-19H,3,13-17H2,1-2H3,(H,25,28)/p+1/t18-,19-/m1/s1. The molecule has 1 aliphatic rings. The van der Waals surface area contributed by atoms with Crippen molar-refractivity contribution in [1.82, 2.24) is 5.32 Å². The van der Waals surface area contributed by atoms with E-state index in [9.17, 15) is 9.18 Å². The van der Waals surface area contributed by atoms with Gasteiger partial charge in [0.2, 0.25) is 0 Å². The second-order valence-electron chi connectivity index (χ2n) is 7.60. The lowest BCUT2D eigenvalue weighted by Crippen LogP contribution is -3.19. The third-order valence-corrected chi connectivity index (χ3v) is 5.89. The lowest BCUT2D eigenvalue weighted by atomic mass is 9.96. The molecule has 2 atom stereocenters. The molecular formula is C23H31FN3O+. The van der Waals surface area contributed by atoms with Crippen molar-refractivity contribution in [3.05, 3.63) is 66.0 Å². The SMILES string of the molecule is CC[C@H](CNC(=O)[C@@H](C)[NH+]1CCN(c2ccc(F)cc2)CC1)c1ccccc1. The number of rotatable bonds is 7. The zero-order valence-corrected chi connectivity index (χ0v) is 16.8. The molecule has 1 aliphatic heterocycles. The maximum absolute atomic E-state index is 13.1. The summed E-state index contributed by atoms with van der Waals surface area (Å²) in [7, 11) is 0. The van der Waals surface area contributed by atoms with E-state index in [0.29, 0.717) is 12.5 Å². The highest BCUT2D eigenvalue weighted by Gasteiger charge is 2.29. The minimum atomic E-state index is -0.209. The Morgan fingerprint density at radius 1 is 1.11 bits per heavy atom. The quantitative estimate of drug-likeness (QED) is 0.768. The van der Waals surface area contributed by atoms with Crippen LogP contribution in [0.3, 0.4) is 0 Å². The maximum Gasteiger partial charge on any atom is 0.278 e. The molecule has 0 saturated carbocycles. The minimum absolute atomic E-state index is 0.0661. The summed E-state index contributed by atoms with van der Waals surface area (Å²) >= 11 is 0. The van der Waals surface area contributed by atoms with Crippen molar-refractivity contribution in [3.63, 3.8) is 0 Å². The van der Waals surface area contributed by atoms with E-state index in [4.69, 9.17) is 0 Å². The molecule has 5 heteroatoms. The first-order valence-corrected chi connectivity index (χ1v) is 10.3. The molecule has 0 spiro atoms. The van der Waals surface area contributed by atoms with E-state index < -0.39 is 0 Å². The number of quaternary nitrogens is 1. The zero-order valence-electron chi connectivity index (χ0n) is 16.8. The molecule has 1 fully saturated rings. The van der Waals surface area contributed by atoms with E-state index in [1.54, 1.807) is 0 Å². The second-order valence-corrected chi connectivity index (χ2v) is 7.60. The fourth-order valence-electron chi connectivity index (χ4n) is 3.92. The third kappa shape index (κ3) is 5.10. The van der Waals surface area contributed by atoms with E-state index in [0.717, 1.165) is 38.3 Å². The molecule has 150 valence electrons. The molecule has 2 N–H and O–H groups in total. The summed E-state index contributed by atoms with van der Waals surface area (Å²) in [6.07, 6.45) is 1.00. The molecule has 28 heavy (non-hydrogen) atoms. The Balaban J connectivity index is 1.48. The van der Waals surface area contributed by atoms with Crippen LogP contribution in [0.2, 0.25) is 0 Å². The van der Waals surface area contributed by atoms with Crippen molar-refractivity contribution in [2.45, 2.75) is 32.2 Å². The Morgan fingerprint density at radius 2 is 1.75 bits per heavy atom. The number of piperazine rings is 1. The number of hydrogen-bond acceptors (Lipinski definition) is 2. The molecule has 1 heterocycles. The zero-order chi connectivity index (χ0) is 19.9. The smallest absolute Gasteiger partial charge is 0.278 e. The molecule has 0 aromatic heterocycles. The van der Waals surface area contributed by atoms with E-state index in [2.05, 4.69) is 29.3 Å². The highest BCUT2D eigenvalue weighted by Crippen LogP contribution is 2.18. The summed E-state index contributed by atoms with van der Waals surface area (Å²) in [5.74, 6) is 0.265. The fourth-order valence-corrected chi connectivity index (χ4v) is 3.92. The van der Waals surface area contributed by atoms with E-state index in [1.807, 2.05) is 37.3 Å². The van der Waals surface area contributed by atoms with E-state index >= 15 is 0 Å². The average Bonchev–Trinajstić information content (AvgIpc) is 2.75. The molecule has 0 aliphatic carbocycles. The van der Waals surface area contributed by atoms with Crippen molar-refractivity contribution in [2.75, 3.05) is 37.6 Å². The van der Waals surface area contributed by atoms with Crippen molar-refractivity contribution < 1.29 is 14.1 Å². The summed E-state index contributed by atoms with van der Waals surface area (Å²) in [5.41, 5.74) is 2.32. The van der Waals surface area contributed by atoms with Gasteiger partial charge >= 0.3 is 0 Å². The van der Waals surface area contributed by atoms with Gasteiger partial charge in [0.25, 0.3) is 5.91 Å². The van der Waals surface area contributed by atoms with Gasteiger partial charge in [-0.05, 0) is 43.2 Å². The Bertz CT molecular complexity index is 742. The molecule has 0 unspecified atom stereocenters. The predicted molar refractivity (Wildman–Crippen MR) is 111 cm³/mol. The van der Waals surface area contributed by atoms with Gasteiger partial charge in [-0.3, -0.25) is 4.79 Å². The van der Waals surface area contributed by atoms with Gasteiger partial charge in [-0.2, -0.15) is 0 Å². The lowest BCUT2D eigenvalue weighted by molar-refractivity contribution is -0.914. The van der Waals surface area contributed by atoms with Crippen LogP contribution in [0.25, 0.3) is 0 Å². The van der Waals surface area contributed by atoms with Crippen molar-refractivity contribution in [3.8, 4) is 0 Å². The first kappa shape index (κ1) is 20.3. The normalized spacial score (nSPS) is 17.2. The molecule has 2 aromatic rings. The number of halogens is 1. The minimum Gasteiger partial charge on any atom is -0.360 e. The van der Waals surface area contributed by atoms with Gasteiger partial charge in [0.15, 0.2) is 6.04 Å². The van der Waals surface area contributed by atoms with Crippen LogP contribution < -0.4 is 15.1 Å². The van der Waals surface area contributed by atoms with Crippen LogP contribution in [-0.4, -0.2) is 44.7 Å². The molecule has 2 aromatic carbocycles. The number of amides is 1. The van der Waals surface area contributed by atoms with Gasteiger partial charge in [-0.1, -0.05) is 37.3 Å². The number of carbonyl (C=O) groups excluding carboxylic acids is 1. The molecule has 0 bridgehead atoms. The number of anilines is 1. The van der Waals surface area contributed by atoms with Crippen LogP contribution in [0.5, 0.6) is 0 Å². The molecule has 0 radical (unpaired) electrons. The van der Waals surface area contributed by atoms with Crippen LogP contribution in [-0.2, 0) is 4.79 Å². The van der Waals surface area contributed by atoms with Gasteiger partial charge in [-0.15, -0.1) is 0 Å². The second kappa shape index (κ2) is 9.69. The van der Waals surface area contributed by atoms with Crippen molar-refractivity contribution in [2.24, 2.45) is 0 Å². The third-order valence-electron chi connectivity index (χ3n) is 5.89. The predicted octanol–water partition coefficient (Wildman–Crippen LogP) is 2.23. The van der Waals surface area contributed by atoms with Crippen LogP contribution >= 0.6 is 0 Å². The van der Waals surface area contributed by atoms with Crippen LogP contribution in [0.15, 0.2) is 54.6 Å². The largest absolute Gasteiger partial charge is 0.360 e. The number of hydrogen-bond donors (Lipinski definition) is 2. The molecule has 3 rings (SSSR count). The van der Waals surface area contributed by atoms with Crippen molar-refractivity contribution in [1.29, 1.82) is 0 Å². The van der Waals surface area contributed by atoms with Crippen LogP contribution in [0.4, 0.5) is 10.1 Å². The van der Waals surface area contributed by atoms with Gasteiger partial charge in [-0.25, -0.2) is 4.39 Å². The Hall–Kier alpha value is -2.40. The van der Waals surface area contributed by atoms with E-state index in [1.165, 1.54) is 22.6 Å². The highest BCUT2D eigenvalue weighted by molar-refractivity contribution is 5.80. The Labute approximate surface area is 167 Å². The topological polar surface area (TPSA) is 36.8 Å². The monoisotopic (exact) mass is 384 g/mol. The highest BCUT2D eigenvalue weighted by atomic mass is 19.1. The number of benzene rings is 2. The molecule has 1 saturated heterocycles. The summed E-state index contributed by atoms with van der Waals surface area (Å²) in [6, 6.07) is 17.0. The van der Waals surface area contributed by atoms with Gasteiger partial charge in [0, 0.05) is 18.2 Å². The molecule has 1 amide bonds. The molecule has 4 nitrogen and oxygen atoms in total. The maximum atomic E-state index is 13.1. The summed E-state index contributed by atoms with van der Waals surface area (Å²) in [4.78, 5) is 16.3. The number of nitrogens with one attached hydrogen (secondary N) is 2. The van der Waals surface area contributed by atoms with Gasteiger partial charge in [0.05, 0.1) is 26.2 Å². The van der Waals surface area contributed by atoms with Crippen molar-refractivity contribution >= 4 is 11.6 Å². The van der Waals surface area contributed by atoms with Crippen LogP contribution in [0, 0.1) is 5.82 Å². The van der Waals surface area contributed by atoms with Gasteiger partial charge in [0.1, 0.15) is 5.82 Å². The van der Waals surface area contributed by atoms with Crippen LogP contribution in [0.1, 0.15) is 31.7 Å². The number of nitrogens with zero attached hydrogens (tertiary/aromatic N) is 1. The summed E-state index contributed by atoms with van der Waals surface area (Å²) in [5, 5.41) is 3.16. The lowest BCUT2D eigenvalue weighted by Gasteiger charge is -2.36. The molecular weight excluding hydrogens is 353 g/mol.